The largest absolute Gasteiger partial charge is 0.354 e. The first kappa shape index (κ1) is 25.2. The van der Waals surface area contributed by atoms with Crippen molar-refractivity contribution in [2.45, 2.75) is 58.5 Å². The van der Waals surface area contributed by atoms with Crippen LogP contribution in [0.3, 0.4) is 0 Å². The van der Waals surface area contributed by atoms with Gasteiger partial charge in [0.15, 0.2) is 0 Å². The van der Waals surface area contributed by atoms with Gasteiger partial charge in [-0.05, 0) is 37.0 Å². The lowest BCUT2D eigenvalue weighted by atomic mass is 9.88. The number of rotatable bonds is 11. The molecule has 0 aliphatic rings. The zero-order chi connectivity index (χ0) is 24.3. The van der Waals surface area contributed by atoms with Crippen molar-refractivity contribution in [3.05, 3.63) is 107 Å². The summed E-state index contributed by atoms with van der Waals surface area (Å²) in [6.07, 6.45) is 2.23. The normalized spacial score (nSPS) is 11.8. The standard InChI is InChI=1S/C30H36N2O2/c1-4-5-19-31-30(34)24(3)32(22-25-14-12-13-23(2)20-25)29(33)21-28(26-15-8-6-9-16-26)27-17-10-7-11-18-27/h6-18,20,24,28H,4-5,19,21-22H2,1-3H3,(H,31,34)/t24-/m1/s1. The summed E-state index contributed by atoms with van der Waals surface area (Å²) in [5.74, 6) is -0.215. The van der Waals surface area contributed by atoms with Gasteiger partial charge in [0.05, 0.1) is 0 Å². The van der Waals surface area contributed by atoms with E-state index in [0.717, 1.165) is 35.1 Å². The molecule has 0 radical (unpaired) electrons. The van der Waals surface area contributed by atoms with Crippen LogP contribution in [-0.4, -0.2) is 29.3 Å². The van der Waals surface area contributed by atoms with E-state index in [-0.39, 0.29) is 17.7 Å². The van der Waals surface area contributed by atoms with E-state index in [1.54, 1.807) is 4.90 Å². The zero-order valence-electron chi connectivity index (χ0n) is 20.5. The Morgan fingerprint density at radius 3 is 2.06 bits per heavy atom. The first-order valence-corrected chi connectivity index (χ1v) is 12.2. The van der Waals surface area contributed by atoms with Crippen molar-refractivity contribution in [2.75, 3.05) is 6.54 Å². The summed E-state index contributed by atoms with van der Waals surface area (Å²) in [6, 6.07) is 27.8. The molecule has 0 unspecified atom stereocenters. The van der Waals surface area contributed by atoms with Gasteiger partial charge in [0.1, 0.15) is 6.04 Å². The first-order valence-electron chi connectivity index (χ1n) is 12.2. The van der Waals surface area contributed by atoms with Crippen LogP contribution in [0, 0.1) is 6.92 Å². The van der Waals surface area contributed by atoms with E-state index in [9.17, 15) is 9.59 Å². The molecule has 0 aliphatic carbocycles. The minimum atomic E-state index is -0.558. The number of aryl methyl sites for hydroxylation is 1. The second-order valence-corrected chi connectivity index (χ2v) is 8.91. The second-order valence-electron chi connectivity index (χ2n) is 8.91. The molecule has 34 heavy (non-hydrogen) atoms. The van der Waals surface area contributed by atoms with Crippen LogP contribution in [0.1, 0.15) is 61.3 Å². The number of hydrogen-bond acceptors (Lipinski definition) is 2. The van der Waals surface area contributed by atoms with Gasteiger partial charge in [-0.1, -0.05) is 104 Å². The summed E-state index contributed by atoms with van der Waals surface area (Å²) in [6.45, 7) is 6.99. The Morgan fingerprint density at radius 1 is 0.882 bits per heavy atom. The molecule has 0 aliphatic heterocycles. The third-order valence-corrected chi connectivity index (χ3v) is 6.21. The van der Waals surface area contributed by atoms with Gasteiger partial charge in [0.25, 0.3) is 0 Å². The molecular formula is C30H36N2O2. The topological polar surface area (TPSA) is 49.4 Å². The Bertz CT molecular complexity index is 1010. The van der Waals surface area contributed by atoms with Crippen LogP contribution in [0.15, 0.2) is 84.9 Å². The lowest BCUT2D eigenvalue weighted by Crippen LogP contribution is -2.48. The van der Waals surface area contributed by atoms with E-state index >= 15 is 0 Å². The van der Waals surface area contributed by atoms with Crippen molar-refractivity contribution < 1.29 is 9.59 Å². The molecule has 178 valence electrons. The predicted molar refractivity (Wildman–Crippen MR) is 138 cm³/mol. The Hall–Kier alpha value is -3.40. The highest BCUT2D eigenvalue weighted by Crippen LogP contribution is 2.29. The molecule has 3 aromatic rings. The van der Waals surface area contributed by atoms with E-state index in [2.05, 4.69) is 42.6 Å². The molecule has 0 saturated heterocycles. The average Bonchev–Trinajstić information content (AvgIpc) is 2.86. The molecule has 1 atom stereocenters. The average molecular weight is 457 g/mol. The SMILES string of the molecule is CCCCNC(=O)[C@@H](C)N(Cc1cccc(C)c1)C(=O)CC(c1ccccc1)c1ccccc1. The maximum Gasteiger partial charge on any atom is 0.242 e. The molecule has 0 saturated carbocycles. The maximum absolute atomic E-state index is 13.8. The van der Waals surface area contributed by atoms with Crippen LogP contribution in [0.25, 0.3) is 0 Å². The van der Waals surface area contributed by atoms with Gasteiger partial charge in [0.2, 0.25) is 11.8 Å². The quantitative estimate of drug-likeness (QED) is 0.368. The molecule has 1 N–H and O–H groups in total. The fourth-order valence-corrected chi connectivity index (χ4v) is 4.22. The Balaban J connectivity index is 1.88. The van der Waals surface area contributed by atoms with Crippen LogP contribution in [-0.2, 0) is 16.1 Å². The molecule has 0 aromatic heterocycles. The van der Waals surface area contributed by atoms with E-state index in [0.29, 0.717) is 19.5 Å². The van der Waals surface area contributed by atoms with Crippen LogP contribution in [0.4, 0.5) is 0 Å². The van der Waals surface area contributed by atoms with Crippen LogP contribution < -0.4 is 5.32 Å². The molecule has 3 aromatic carbocycles. The molecule has 0 bridgehead atoms. The van der Waals surface area contributed by atoms with Crippen molar-refractivity contribution in [1.82, 2.24) is 10.2 Å². The summed E-state index contributed by atoms with van der Waals surface area (Å²) < 4.78 is 0. The van der Waals surface area contributed by atoms with Gasteiger partial charge < -0.3 is 10.2 Å². The molecule has 0 fully saturated rings. The lowest BCUT2D eigenvalue weighted by molar-refractivity contribution is -0.140. The van der Waals surface area contributed by atoms with Gasteiger partial charge in [-0.25, -0.2) is 0 Å². The van der Waals surface area contributed by atoms with Crippen molar-refractivity contribution in [3.8, 4) is 0 Å². The third kappa shape index (κ3) is 7.05. The summed E-state index contributed by atoms with van der Waals surface area (Å²) in [5, 5.41) is 3.00. The molecule has 2 amide bonds. The molecule has 0 heterocycles. The number of nitrogens with one attached hydrogen (secondary N) is 1. The van der Waals surface area contributed by atoms with Crippen molar-refractivity contribution in [3.63, 3.8) is 0 Å². The lowest BCUT2D eigenvalue weighted by Gasteiger charge is -2.30. The monoisotopic (exact) mass is 456 g/mol. The summed E-state index contributed by atoms with van der Waals surface area (Å²) in [4.78, 5) is 28.5. The van der Waals surface area contributed by atoms with E-state index < -0.39 is 6.04 Å². The molecule has 4 nitrogen and oxygen atoms in total. The van der Waals surface area contributed by atoms with Crippen LogP contribution in [0.5, 0.6) is 0 Å². The Labute approximate surface area is 204 Å². The fourth-order valence-electron chi connectivity index (χ4n) is 4.22. The van der Waals surface area contributed by atoms with E-state index in [1.165, 1.54) is 0 Å². The first-order chi connectivity index (χ1) is 16.5. The highest BCUT2D eigenvalue weighted by atomic mass is 16.2. The number of nitrogens with zero attached hydrogens (tertiary/aromatic N) is 1. The van der Waals surface area contributed by atoms with Gasteiger partial charge in [-0.3, -0.25) is 9.59 Å². The van der Waals surface area contributed by atoms with E-state index in [1.807, 2.05) is 68.4 Å². The predicted octanol–water partition coefficient (Wildman–Crippen LogP) is 5.85. The van der Waals surface area contributed by atoms with Gasteiger partial charge in [-0.15, -0.1) is 0 Å². The zero-order valence-corrected chi connectivity index (χ0v) is 20.5. The third-order valence-electron chi connectivity index (χ3n) is 6.21. The number of carbonyl (C=O) groups is 2. The number of benzene rings is 3. The van der Waals surface area contributed by atoms with Crippen molar-refractivity contribution in [2.24, 2.45) is 0 Å². The molecule has 4 heteroatoms. The highest BCUT2D eigenvalue weighted by Gasteiger charge is 2.29. The second kappa shape index (κ2) is 12.7. The summed E-state index contributed by atoms with van der Waals surface area (Å²) >= 11 is 0. The van der Waals surface area contributed by atoms with E-state index in [4.69, 9.17) is 0 Å². The summed E-state index contributed by atoms with van der Waals surface area (Å²) in [5.41, 5.74) is 4.35. The minimum absolute atomic E-state index is 0.0302. The number of hydrogen-bond donors (Lipinski definition) is 1. The van der Waals surface area contributed by atoms with Crippen LogP contribution in [0.2, 0.25) is 0 Å². The number of carbonyl (C=O) groups excluding carboxylic acids is 2. The number of unbranched alkanes of at least 4 members (excludes halogenated alkanes) is 1. The van der Waals surface area contributed by atoms with Gasteiger partial charge >= 0.3 is 0 Å². The molecule has 3 rings (SSSR count). The number of amides is 2. The molecular weight excluding hydrogens is 420 g/mol. The summed E-state index contributed by atoms with van der Waals surface area (Å²) in [7, 11) is 0. The molecule has 0 spiro atoms. The van der Waals surface area contributed by atoms with Crippen molar-refractivity contribution in [1.29, 1.82) is 0 Å². The fraction of sp³-hybridized carbons (Fsp3) is 0.333. The maximum atomic E-state index is 13.8. The van der Waals surface area contributed by atoms with Crippen LogP contribution >= 0.6 is 0 Å². The van der Waals surface area contributed by atoms with Gasteiger partial charge in [0, 0.05) is 25.4 Å². The Kier molecular flexibility index (Phi) is 9.45. The minimum Gasteiger partial charge on any atom is -0.354 e. The smallest absolute Gasteiger partial charge is 0.242 e. The van der Waals surface area contributed by atoms with Crippen molar-refractivity contribution >= 4 is 11.8 Å². The van der Waals surface area contributed by atoms with Gasteiger partial charge in [-0.2, -0.15) is 0 Å². The Morgan fingerprint density at radius 2 is 1.50 bits per heavy atom. The highest BCUT2D eigenvalue weighted by molar-refractivity contribution is 5.87.